The Morgan fingerprint density at radius 1 is 1.35 bits per heavy atom. The molecule has 2 aromatic rings. The first-order valence-electron chi connectivity index (χ1n) is 7.20. The zero-order valence-corrected chi connectivity index (χ0v) is 13.2. The van der Waals surface area contributed by atoms with E-state index in [4.69, 9.17) is 17.3 Å². The van der Waals surface area contributed by atoms with Crippen LogP contribution in [0.25, 0.3) is 11.2 Å². The lowest BCUT2D eigenvalue weighted by Gasteiger charge is -2.25. The first-order chi connectivity index (χ1) is 9.43. The number of hydrogen-bond donors (Lipinski definition) is 1. The van der Waals surface area contributed by atoms with E-state index in [2.05, 4.69) is 30.7 Å². The summed E-state index contributed by atoms with van der Waals surface area (Å²) in [5.41, 5.74) is 7.79. The van der Waals surface area contributed by atoms with Crippen molar-refractivity contribution in [2.75, 3.05) is 5.73 Å². The Morgan fingerprint density at radius 3 is 2.80 bits per heavy atom. The molecule has 2 N–H and O–H groups in total. The topological polar surface area (TPSA) is 56.7 Å². The van der Waals surface area contributed by atoms with Crippen LogP contribution in [0.15, 0.2) is 12.3 Å². The maximum Gasteiger partial charge on any atom is 0.202 e. The van der Waals surface area contributed by atoms with Crippen molar-refractivity contribution in [1.82, 2.24) is 14.5 Å². The Hall–Kier alpha value is -1.29. The highest BCUT2D eigenvalue weighted by atomic mass is 35.5. The number of hydrogen-bond acceptors (Lipinski definition) is 3. The number of unbranched alkanes of at least 4 members (excludes halogenated alkanes) is 2. The molecule has 0 aliphatic heterocycles. The van der Waals surface area contributed by atoms with Gasteiger partial charge in [0.05, 0.1) is 5.02 Å². The number of nitrogens with zero attached hydrogens (tertiary/aromatic N) is 3. The van der Waals surface area contributed by atoms with Gasteiger partial charge in [0, 0.05) is 12.7 Å². The zero-order valence-electron chi connectivity index (χ0n) is 12.5. The Labute approximate surface area is 125 Å². The molecule has 0 aliphatic rings. The molecule has 0 atom stereocenters. The van der Waals surface area contributed by atoms with Crippen molar-refractivity contribution in [3.8, 4) is 0 Å². The number of halogens is 1. The third-order valence-electron chi connectivity index (χ3n) is 3.62. The van der Waals surface area contributed by atoms with E-state index < -0.39 is 0 Å². The highest BCUT2D eigenvalue weighted by molar-refractivity contribution is 6.31. The van der Waals surface area contributed by atoms with Crippen LogP contribution in [0.3, 0.4) is 0 Å². The second kappa shape index (κ2) is 6.00. The van der Waals surface area contributed by atoms with Crippen molar-refractivity contribution in [3.63, 3.8) is 0 Å². The van der Waals surface area contributed by atoms with E-state index in [-0.39, 0.29) is 5.41 Å². The molecule has 0 bridgehead atoms. The number of anilines is 1. The lowest BCUT2D eigenvalue weighted by atomic mass is 9.87. The maximum absolute atomic E-state index is 6.03. The van der Waals surface area contributed by atoms with Crippen molar-refractivity contribution < 1.29 is 0 Å². The molecule has 2 heterocycles. The number of aromatic nitrogens is 3. The van der Waals surface area contributed by atoms with E-state index in [9.17, 15) is 0 Å². The number of nitrogen functional groups attached to an aromatic ring is 1. The molecular formula is C15H23ClN4. The first kappa shape index (κ1) is 15.1. The van der Waals surface area contributed by atoms with Crippen LogP contribution in [0.5, 0.6) is 0 Å². The van der Waals surface area contributed by atoms with E-state index in [1.165, 1.54) is 25.7 Å². The van der Waals surface area contributed by atoms with Gasteiger partial charge in [-0.25, -0.2) is 9.97 Å². The number of nitrogens with two attached hydrogens (primary N) is 1. The molecule has 2 aromatic heterocycles. The third kappa shape index (κ3) is 3.42. The highest BCUT2D eigenvalue weighted by Crippen LogP contribution is 2.29. The minimum absolute atomic E-state index is 0.179. The van der Waals surface area contributed by atoms with Crippen molar-refractivity contribution in [1.29, 1.82) is 0 Å². The maximum atomic E-state index is 6.03. The first-order valence-corrected chi connectivity index (χ1v) is 7.58. The molecule has 5 heteroatoms. The zero-order chi connectivity index (χ0) is 14.8. The van der Waals surface area contributed by atoms with Gasteiger partial charge < -0.3 is 5.73 Å². The summed E-state index contributed by atoms with van der Waals surface area (Å²) in [6.07, 6.45) is 6.58. The summed E-state index contributed by atoms with van der Waals surface area (Å²) in [7, 11) is 0. The molecule has 20 heavy (non-hydrogen) atoms. The van der Waals surface area contributed by atoms with Gasteiger partial charge in [-0.1, -0.05) is 51.6 Å². The van der Waals surface area contributed by atoms with Gasteiger partial charge in [0.2, 0.25) is 5.95 Å². The van der Waals surface area contributed by atoms with Crippen LogP contribution in [0.1, 0.15) is 46.5 Å². The molecular weight excluding hydrogens is 272 g/mol. The van der Waals surface area contributed by atoms with E-state index in [1.54, 1.807) is 12.3 Å². The van der Waals surface area contributed by atoms with Gasteiger partial charge in [0.15, 0.2) is 5.65 Å². The molecule has 0 unspecified atom stereocenters. The third-order valence-corrected chi connectivity index (χ3v) is 3.83. The minimum Gasteiger partial charge on any atom is -0.369 e. The molecule has 0 aromatic carbocycles. The van der Waals surface area contributed by atoms with Crippen molar-refractivity contribution in [3.05, 3.63) is 17.3 Å². The number of pyridine rings is 1. The van der Waals surface area contributed by atoms with Crippen molar-refractivity contribution in [2.24, 2.45) is 5.41 Å². The molecule has 0 saturated heterocycles. The minimum atomic E-state index is 0.179. The molecule has 0 amide bonds. The number of imidazole rings is 1. The number of fused-ring (bicyclic) bond motifs is 1. The molecule has 0 fully saturated rings. The van der Waals surface area contributed by atoms with Crippen LogP contribution >= 0.6 is 11.6 Å². The largest absolute Gasteiger partial charge is 0.369 e. The standard InChI is InChI=1S/C15H23ClN4/c1-4-5-6-7-15(2,3)10-20-13-12(19-14(20)17)8-11(16)9-18-13/h8-9H,4-7,10H2,1-3H3,(H2,17,19). The summed E-state index contributed by atoms with van der Waals surface area (Å²) in [4.78, 5) is 8.72. The highest BCUT2D eigenvalue weighted by Gasteiger charge is 2.21. The van der Waals surface area contributed by atoms with Gasteiger partial charge in [0.25, 0.3) is 0 Å². The summed E-state index contributed by atoms with van der Waals surface area (Å²) in [6, 6.07) is 1.81. The van der Waals surface area contributed by atoms with E-state index in [0.717, 1.165) is 17.7 Å². The predicted molar refractivity (Wildman–Crippen MR) is 84.9 cm³/mol. The quantitative estimate of drug-likeness (QED) is 0.809. The van der Waals surface area contributed by atoms with Crippen LogP contribution < -0.4 is 5.73 Å². The van der Waals surface area contributed by atoms with Crippen molar-refractivity contribution in [2.45, 2.75) is 53.0 Å². The summed E-state index contributed by atoms with van der Waals surface area (Å²) >= 11 is 5.95. The fourth-order valence-corrected chi connectivity index (χ4v) is 2.67. The Bertz CT molecular complexity index is 589. The average molecular weight is 295 g/mol. The van der Waals surface area contributed by atoms with Crippen LogP contribution in [-0.2, 0) is 6.54 Å². The summed E-state index contributed by atoms with van der Waals surface area (Å²) in [5, 5.41) is 0.587. The molecule has 4 nitrogen and oxygen atoms in total. The van der Waals surface area contributed by atoms with Gasteiger partial charge in [-0.15, -0.1) is 0 Å². The smallest absolute Gasteiger partial charge is 0.202 e. The van der Waals surface area contributed by atoms with Crippen LogP contribution in [0, 0.1) is 5.41 Å². The van der Waals surface area contributed by atoms with Crippen LogP contribution in [0.4, 0.5) is 5.95 Å². The molecule has 0 spiro atoms. The fourth-order valence-electron chi connectivity index (χ4n) is 2.52. The van der Waals surface area contributed by atoms with Crippen molar-refractivity contribution >= 4 is 28.7 Å². The average Bonchev–Trinajstić information content (AvgIpc) is 2.65. The Morgan fingerprint density at radius 2 is 2.10 bits per heavy atom. The summed E-state index contributed by atoms with van der Waals surface area (Å²) in [6.45, 7) is 7.59. The monoisotopic (exact) mass is 294 g/mol. The van der Waals surface area contributed by atoms with Crippen LogP contribution in [-0.4, -0.2) is 14.5 Å². The molecule has 0 saturated carbocycles. The second-order valence-electron chi connectivity index (χ2n) is 6.17. The van der Waals surface area contributed by atoms with E-state index in [1.807, 2.05) is 4.57 Å². The van der Waals surface area contributed by atoms with E-state index >= 15 is 0 Å². The number of rotatable bonds is 6. The van der Waals surface area contributed by atoms with Gasteiger partial charge in [0.1, 0.15) is 5.52 Å². The normalized spacial score (nSPS) is 12.2. The predicted octanol–water partition coefficient (Wildman–Crippen LogP) is 4.27. The van der Waals surface area contributed by atoms with Gasteiger partial charge in [-0.05, 0) is 17.9 Å². The lowest BCUT2D eigenvalue weighted by molar-refractivity contribution is 0.276. The fraction of sp³-hybridized carbons (Fsp3) is 0.600. The molecule has 110 valence electrons. The molecule has 0 aliphatic carbocycles. The van der Waals surface area contributed by atoms with E-state index in [0.29, 0.717) is 11.0 Å². The lowest BCUT2D eigenvalue weighted by Crippen LogP contribution is -2.21. The SMILES string of the molecule is CCCCCC(C)(C)Cn1c(N)nc2cc(Cl)cnc21. The van der Waals surface area contributed by atoms with Gasteiger partial charge >= 0.3 is 0 Å². The Balaban J connectivity index is 2.22. The Kier molecular flexibility index (Phi) is 4.53. The molecule has 0 radical (unpaired) electrons. The summed E-state index contributed by atoms with van der Waals surface area (Å²) in [5.74, 6) is 0.512. The summed E-state index contributed by atoms with van der Waals surface area (Å²) < 4.78 is 2.00. The van der Waals surface area contributed by atoms with Gasteiger partial charge in [-0.3, -0.25) is 4.57 Å². The second-order valence-corrected chi connectivity index (χ2v) is 6.61. The molecule has 2 rings (SSSR count). The van der Waals surface area contributed by atoms with Crippen LogP contribution in [0.2, 0.25) is 5.02 Å². The van der Waals surface area contributed by atoms with Gasteiger partial charge in [-0.2, -0.15) is 0 Å².